The molecule has 6 nitrogen and oxygen atoms in total. The third-order valence-corrected chi connectivity index (χ3v) is 3.05. The third kappa shape index (κ3) is 3.49. The molecule has 0 bridgehead atoms. The van der Waals surface area contributed by atoms with Crippen LogP contribution in [0, 0.1) is 0 Å². The maximum absolute atomic E-state index is 11.9. The molecule has 110 valence electrons. The molecule has 3 rings (SSSR count). The number of urea groups is 1. The number of carbonyl (C=O) groups excluding carboxylic acids is 1. The molecule has 0 spiro atoms. The molecule has 0 unspecified atom stereocenters. The molecule has 0 radical (unpaired) electrons. The first-order valence-corrected chi connectivity index (χ1v) is 6.85. The average molecular weight is 293 g/mol. The van der Waals surface area contributed by atoms with Crippen LogP contribution in [-0.4, -0.2) is 20.8 Å². The predicted molar refractivity (Wildman–Crippen MR) is 83.7 cm³/mol. The number of amides is 2. The van der Waals surface area contributed by atoms with Gasteiger partial charge in [-0.1, -0.05) is 12.1 Å². The number of pyridine rings is 1. The topological polar surface area (TPSA) is 71.8 Å². The fraction of sp³-hybridized carbons (Fsp3) is 0.0625. The van der Waals surface area contributed by atoms with Crippen molar-refractivity contribution in [1.29, 1.82) is 0 Å². The van der Waals surface area contributed by atoms with Crippen LogP contribution in [0.25, 0.3) is 5.69 Å². The van der Waals surface area contributed by atoms with Gasteiger partial charge in [-0.25, -0.2) is 9.48 Å². The number of nitrogens with zero attached hydrogens (tertiary/aromatic N) is 3. The van der Waals surface area contributed by atoms with Gasteiger partial charge in [0.05, 0.1) is 5.69 Å². The van der Waals surface area contributed by atoms with E-state index in [2.05, 4.69) is 20.7 Å². The lowest BCUT2D eigenvalue weighted by Crippen LogP contribution is -2.28. The van der Waals surface area contributed by atoms with Crippen molar-refractivity contribution >= 4 is 11.7 Å². The van der Waals surface area contributed by atoms with Crippen molar-refractivity contribution in [2.75, 3.05) is 5.32 Å². The SMILES string of the molecule is O=C(NCc1cccnc1)Nc1cccc(-n2cccn2)c1. The van der Waals surface area contributed by atoms with Crippen LogP contribution < -0.4 is 10.6 Å². The van der Waals surface area contributed by atoms with Crippen molar-refractivity contribution in [2.24, 2.45) is 0 Å². The summed E-state index contributed by atoms with van der Waals surface area (Å²) >= 11 is 0. The lowest BCUT2D eigenvalue weighted by Gasteiger charge is -2.09. The molecule has 0 atom stereocenters. The third-order valence-electron chi connectivity index (χ3n) is 3.05. The second kappa shape index (κ2) is 6.53. The van der Waals surface area contributed by atoms with Crippen molar-refractivity contribution in [1.82, 2.24) is 20.1 Å². The zero-order valence-electron chi connectivity index (χ0n) is 11.8. The van der Waals surface area contributed by atoms with E-state index < -0.39 is 0 Å². The maximum atomic E-state index is 11.9. The zero-order valence-corrected chi connectivity index (χ0v) is 11.8. The van der Waals surface area contributed by atoms with Crippen molar-refractivity contribution in [3.05, 3.63) is 72.8 Å². The first-order chi connectivity index (χ1) is 10.8. The summed E-state index contributed by atoms with van der Waals surface area (Å²) in [5, 5.41) is 9.76. The first kappa shape index (κ1) is 13.8. The minimum atomic E-state index is -0.263. The summed E-state index contributed by atoms with van der Waals surface area (Å²) in [4.78, 5) is 15.9. The van der Waals surface area contributed by atoms with E-state index in [-0.39, 0.29) is 6.03 Å². The van der Waals surface area contributed by atoms with E-state index >= 15 is 0 Å². The Bertz CT molecular complexity index is 740. The van der Waals surface area contributed by atoms with Crippen molar-refractivity contribution in [2.45, 2.75) is 6.54 Å². The molecular weight excluding hydrogens is 278 g/mol. The van der Waals surface area contributed by atoms with Gasteiger partial charge in [0.2, 0.25) is 0 Å². The van der Waals surface area contributed by atoms with Crippen molar-refractivity contribution in [3.63, 3.8) is 0 Å². The van der Waals surface area contributed by atoms with E-state index in [1.807, 2.05) is 48.7 Å². The number of nitrogens with one attached hydrogen (secondary N) is 2. The Kier molecular flexibility index (Phi) is 4.10. The largest absolute Gasteiger partial charge is 0.334 e. The van der Waals surface area contributed by atoms with E-state index in [1.165, 1.54) is 0 Å². The summed E-state index contributed by atoms with van der Waals surface area (Å²) in [6, 6.07) is 12.8. The summed E-state index contributed by atoms with van der Waals surface area (Å²) in [7, 11) is 0. The number of aromatic nitrogens is 3. The number of carbonyl (C=O) groups is 1. The highest BCUT2D eigenvalue weighted by Gasteiger charge is 2.03. The number of anilines is 1. The average Bonchev–Trinajstić information content (AvgIpc) is 3.09. The summed E-state index contributed by atoms with van der Waals surface area (Å²) in [5.41, 5.74) is 2.54. The molecule has 1 aromatic carbocycles. The fourth-order valence-electron chi connectivity index (χ4n) is 2.01. The van der Waals surface area contributed by atoms with E-state index in [0.29, 0.717) is 12.2 Å². The Morgan fingerprint density at radius 2 is 2.09 bits per heavy atom. The van der Waals surface area contributed by atoms with Gasteiger partial charge in [-0.2, -0.15) is 5.10 Å². The molecule has 6 heteroatoms. The number of hydrogen-bond acceptors (Lipinski definition) is 3. The van der Waals surface area contributed by atoms with Crippen molar-refractivity contribution in [3.8, 4) is 5.69 Å². The van der Waals surface area contributed by atoms with Gasteiger partial charge >= 0.3 is 6.03 Å². The Morgan fingerprint density at radius 1 is 1.14 bits per heavy atom. The fourth-order valence-corrected chi connectivity index (χ4v) is 2.01. The molecule has 0 saturated heterocycles. The van der Waals surface area contributed by atoms with Gasteiger partial charge in [0.15, 0.2) is 0 Å². The maximum Gasteiger partial charge on any atom is 0.319 e. The minimum absolute atomic E-state index is 0.263. The molecule has 2 aromatic heterocycles. The minimum Gasteiger partial charge on any atom is -0.334 e. The van der Waals surface area contributed by atoms with Crippen LogP contribution in [0.2, 0.25) is 0 Å². The first-order valence-electron chi connectivity index (χ1n) is 6.85. The van der Waals surface area contributed by atoms with Crippen molar-refractivity contribution < 1.29 is 4.79 Å². The summed E-state index contributed by atoms with van der Waals surface area (Å²) in [6.07, 6.45) is 6.98. The van der Waals surface area contributed by atoms with Gasteiger partial charge in [-0.05, 0) is 35.9 Å². The van der Waals surface area contributed by atoms with Gasteiger partial charge in [0.25, 0.3) is 0 Å². The Labute approximate surface area is 127 Å². The molecule has 0 aliphatic carbocycles. The van der Waals surface area contributed by atoms with Crippen LogP contribution in [0.3, 0.4) is 0 Å². The molecule has 0 aliphatic rings. The second-order valence-corrected chi connectivity index (χ2v) is 4.67. The van der Waals surface area contributed by atoms with Crippen LogP contribution in [-0.2, 0) is 6.54 Å². The van der Waals surface area contributed by atoms with E-state index in [1.54, 1.807) is 23.3 Å². The van der Waals surface area contributed by atoms with Gasteiger partial charge in [0, 0.05) is 37.0 Å². The number of benzene rings is 1. The summed E-state index contributed by atoms with van der Waals surface area (Å²) < 4.78 is 1.73. The quantitative estimate of drug-likeness (QED) is 0.776. The lowest BCUT2D eigenvalue weighted by molar-refractivity contribution is 0.251. The Balaban J connectivity index is 1.61. The molecule has 0 aliphatic heterocycles. The van der Waals surface area contributed by atoms with E-state index in [4.69, 9.17) is 0 Å². The summed E-state index contributed by atoms with van der Waals surface area (Å²) in [5.74, 6) is 0. The normalized spacial score (nSPS) is 10.2. The number of rotatable bonds is 4. The van der Waals surface area contributed by atoms with Crippen LogP contribution in [0.5, 0.6) is 0 Å². The van der Waals surface area contributed by atoms with Crippen LogP contribution in [0.15, 0.2) is 67.3 Å². The van der Waals surface area contributed by atoms with E-state index in [9.17, 15) is 4.79 Å². The highest BCUT2D eigenvalue weighted by atomic mass is 16.2. The Hall–Kier alpha value is -3.15. The smallest absolute Gasteiger partial charge is 0.319 e. The van der Waals surface area contributed by atoms with E-state index in [0.717, 1.165) is 11.3 Å². The second-order valence-electron chi connectivity index (χ2n) is 4.67. The highest BCUT2D eigenvalue weighted by molar-refractivity contribution is 5.89. The van der Waals surface area contributed by atoms with Gasteiger partial charge in [0.1, 0.15) is 0 Å². The number of hydrogen-bond donors (Lipinski definition) is 2. The Morgan fingerprint density at radius 3 is 2.86 bits per heavy atom. The standard InChI is InChI=1S/C16H15N5O/c22-16(18-12-13-4-2-7-17-11-13)20-14-5-1-6-15(10-14)21-9-3-8-19-21/h1-11H,12H2,(H2,18,20,22). The lowest BCUT2D eigenvalue weighted by atomic mass is 10.3. The van der Waals surface area contributed by atoms with Gasteiger partial charge in [-0.3, -0.25) is 4.98 Å². The molecule has 2 heterocycles. The molecule has 0 fully saturated rings. The molecule has 3 aromatic rings. The van der Waals surface area contributed by atoms with Crippen LogP contribution in [0.1, 0.15) is 5.56 Å². The summed E-state index contributed by atoms with van der Waals surface area (Å²) in [6.45, 7) is 0.429. The molecule has 2 N–H and O–H groups in total. The molecule has 0 saturated carbocycles. The zero-order chi connectivity index (χ0) is 15.2. The molecule has 2 amide bonds. The molecule has 22 heavy (non-hydrogen) atoms. The monoisotopic (exact) mass is 293 g/mol. The van der Waals surface area contributed by atoms with Gasteiger partial charge < -0.3 is 10.6 Å². The van der Waals surface area contributed by atoms with Gasteiger partial charge in [-0.15, -0.1) is 0 Å². The van der Waals surface area contributed by atoms with Crippen LogP contribution in [0.4, 0.5) is 10.5 Å². The highest BCUT2D eigenvalue weighted by Crippen LogP contribution is 2.13. The molecular formula is C16H15N5O. The van der Waals surface area contributed by atoms with Crippen LogP contribution >= 0.6 is 0 Å². The predicted octanol–water partition coefficient (Wildman–Crippen LogP) is 2.59.